The molecule has 6 nitrogen and oxygen atoms in total. The van der Waals surface area contributed by atoms with Crippen LogP contribution in [-0.4, -0.2) is 60.4 Å². The second-order valence-electron chi connectivity index (χ2n) is 7.42. The molecule has 0 radical (unpaired) electrons. The molecule has 2 saturated heterocycles. The molecule has 2 aromatic carbocycles. The van der Waals surface area contributed by atoms with Crippen molar-refractivity contribution in [3.8, 4) is 0 Å². The number of amides is 1. The van der Waals surface area contributed by atoms with E-state index in [2.05, 4.69) is 0 Å². The Kier molecular flexibility index (Phi) is 5.29. The molecule has 3 atom stereocenters. The zero-order valence-electron chi connectivity index (χ0n) is 16.2. The summed E-state index contributed by atoms with van der Waals surface area (Å²) < 4.78 is 27.3. The van der Waals surface area contributed by atoms with Crippen LogP contribution < -0.4 is 0 Å². The molecule has 29 heavy (non-hydrogen) atoms. The molecule has 2 aliphatic heterocycles. The first-order valence-electron chi connectivity index (χ1n) is 9.67. The normalized spacial score (nSPS) is 25.1. The molecule has 2 heterocycles. The van der Waals surface area contributed by atoms with E-state index in [0.717, 1.165) is 11.1 Å². The first kappa shape index (κ1) is 19.8. The van der Waals surface area contributed by atoms with Gasteiger partial charge in [-0.05, 0) is 30.2 Å². The topological polar surface area (TPSA) is 77.9 Å². The van der Waals surface area contributed by atoms with Crippen LogP contribution in [0.15, 0.2) is 65.6 Å². The molecular weight excluding hydrogens is 388 g/mol. The van der Waals surface area contributed by atoms with Crippen molar-refractivity contribution >= 4 is 22.0 Å². The number of nitrogens with zero attached hydrogens (tertiary/aromatic N) is 2. The van der Waals surface area contributed by atoms with Gasteiger partial charge in [0.1, 0.15) is 0 Å². The van der Waals surface area contributed by atoms with Gasteiger partial charge in [0, 0.05) is 12.5 Å². The molecule has 4 rings (SSSR count). The third kappa shape index (κ3) is 3.39. The minimum atomic E-state index is -3.75. The Morgan fingerprint density at radius 2 is 1.79 bits per heavy atom. The van der Waals surface area contributed by atoms with E-state index in [1.54, 1.807) is 35.2 Å². The van der Waals surface area contributed by atoms with Gasteiger partial charge in [-0.1, -0.05) is 54.6 Å². The fourth-order valence-corrected chi connectivity index (χ4v) is 5.84. The molecule has 0 unspecified atom stereocenters. The summed E-state index contributed by atoms with van der Waals surface area (Å²) in [5.74, 6) is -0.362. The maximum Gasteiger partial charge on any atom is 0.243 e. The van der Waals surface area contributed by atoms with Crippen LogP contribution in [-0.2, 0) is 14.8 Å². The Morgan fingerprint density at radius 1 is 1.10 bits per heavy atom. The van der Waals surface area contributed by atoms with Crippen LogP contribution in [0, 0.1) is 0 Å². The van der Waals surface area contributed by atoms with Gasteiger partial charge in [0.15, 0.2) is 0 Å². The van der Waals surface area contributed by atoms with E-state index in [-0.39, 0.29) is 48.5 Å². The van der Waals surface area contributed by atoms with Gasteiger partial charge in [-0.15, -0.1) is 0 Å². The minimum Gasteiger partial charge on any atom is -0.394 e. The van der Waals surface area contributed by atoms with Gasteiger partial charge >= 0.3 is 0 Å². The molecule has 1 N–H and O–H groups in total. The zero-order chi connectivity index (χ0) is 20.6. The molecule has 1 amide bonds. The highest BCUT2D eigenvalue weighted by atomic mass is 32.2. The van der Waals surface area contributed by atoms with E-state index < -0.39 is 10.0 Å². The number of benzene rings is 2. The van der Waals surface area contributed by atoms with Crippen LogP contribution in [0.3, 0.4) is 0 Å². The summed E-state index contributed by atoms with van der Waals surface area (Å²) in [4.78, 5) is 14.6. The number of aliphatic hydroxyl groups excluding tert-OH is 1. The van der Waals surface area contributed by atoms with Crippen molar-refractivity contribution in [3.63, 3.8) is 0 Å². The van der Waals surface area contributed by atoms with Crippen molar-refractivity contribution in [2.45, 2.75) is 29.8 Å². The molecule has 0 spiro atoms. The highest BCUT2D eigenvalue weighted by Crippen LogP contribution is 2.43. The van der Waals surface area contributed by atoms with E-state index in [9.17, 15) is 18.3 Å². The number of aliphatic hydroxyl groups is 1. The molecule has 0 aliphatic carbocycles. The molecule has 0 aromatic heterocycles. The number of piperazine rings is 1. The monoisotopic (exact) mass is 412 g/mol. The number of sulfonamides is 1. The van der Waals surface area contributed by atoms with Gasteiger partial charge < -0.3 is 10.0 Å². The molecule has 2 aliphatic rings. The number of allylic oxidation sites excluding steroid dienone is 1. The molecule has 0 bridgehead atoms. The predicted octanol–water partition coefficient (Wildman–Crippen LogP) is 2.08. The summed E-state index contributed by atoms with van der Waals surface area (Å²) in [6.07, 6.45) is 3.96. The lowest BCUT2D eigenvalue weighted by atomic mass is 9.74. The summed E-state index contributed by atoms with van der Waals surface area (Å²) in [6.45, 7) is 1.84. The van der Waals surface area contributed by atoms with Crippen molar-refractivity contribution in [1.82, 2.24) is 9.21 Å². The lowest BCUT2D eigenvalue weighted by Crippen LogP contribution is -2.73. The third-order valence-corrected chi connectivity index (χ3v) is 7.61. The summed E-state index contributed by atoms with van der Waals surface area (Å²) in [5.41, 5.74) is 2.08. The Balaban J connectivity index is 1.62. The fraction of sp³-hybridized carbons (Fsp3) is 0.318. The second kappa shape index (κ2) is 7.74. The average molecular weight is 413 g/mol. The quantitative estimate of drug-likeness (QED) is 0.816. The Labute approximate surface area is 171 Å². The van der Waals surface area contributed by atoms with Crippen LogP contribution in [0.1, 0.15) is 24.0 Å². The van der Waals surface area contributed by atoms with Crippen molar-refractivity contribution in [2.24, 2.45) is 0 Å². The minimum absolute atomic E-state index is 0.0996. The molecule has 152 valence electrons. The number of rotatable bonds is 5. The van der Waals surface area contributed by atoms with Gasteiger partial charge in [-0.3, -0.25) is 4.79 Å². The second-order valence-corrected chi connectivity index (χ2v) is 9.36. The maximum absolute atomic E-state index is 13.0. The van der Waals surface area contributed by atoms with Crippen LogP contribution in [0.4, 0.5) is 0 Å². The van der Waals surface area contributed by atoms with E-state index in [0.29, 0.717) is 0 Å². The molecule has 2 fully saturated rings. The number of hydrogen-bond acceptors (Lipinski definition) is 4. The third-order valence-electron chi connectivity index (χ3n) is 5.78. The highest BCUT2D eigenvalue weighted by molar-refractivity contribution is 7.89. The predicted molar refractivity (Wildman–Crippen MR) is 111 cm³/mol. The Hall–Kier alpha value is -2.48. The van der Waals surface area contributed by atoms with E-state index in [1.807, 2.05) is 43.3 Å². The van der Waals surface area contributed by atoms with Crippen molar-refractivity contribution in [2.75, 3.05) is 19.7 Å². The average Bonchev–Trinajstić information content (AvgIpc) is 2.71. The van der Waals surface area contributed by atoms with Gasteiger partial charge in [-0.25, -0.2) is 8.42 Å². The maximum atomic E-state index is 13.0. The summed E-state index contributed by atoms with van der Waals surface area (Å²) >= 11 is 0. The number of carbonyl (C=O) groups excluding carboxylic acids is 1. The first-order chi connectivity index (χ1) is 14.0. The van der Waals surface area contributed by atoms with Crippen molar-refractivity contribution in [3.05, 3.63) is 71.8 Å². The SMILES string of the molecule is C/C=C/c1ccc([C@H]2[C@@H](CO)N3C(=O)CN(S(=O)(=O)c4ccccc4)C[C@H]23)cc1. The largest absolute Gasteiger partial charge is 0.394 e. The first-order valence-corrected chi connectivity index (χ1v) is 11.1. The number of carbonyl (C=O) groups is 1. The van der Waals surface area contributed by atoms with Crippen LogP contribution in [0.2, 0.25) is 0 Å². The Morgan fingerprint density at radius 3 is 2.41 bits per heavy atom. The van der Waals surface area contributed by atoms with E-state index in [4.69, 9.17) is 0 Å². The standard InChI is InChI=1S/C22H24N2O4S/c1-2-6-16-9-11-17(12-10-16)22-19-13-23(14-21(26)24(19)20(22)15-25)29(27,28)18-7-4-3-5-8-18/h2-12,19-20,22,25H,13-15H2,1H3/b6-2+/t19-,20-,22-/m1/s1. The van der Waals surface area contributed by atoms with Gasteiger partial charge in [0.2, 0.25) is 15.9 Å². The number of hydrogen-bond donors (Lipinski definition) is 1. The van der Waals surface area contributed by atoms with E-state index in [1.165, 1.54) is 4.31 Å². The molecule has 2 aromatic rings. The van der Waals surface area contributed by atoms with Crippen molar-refractivity contribution in [1.29, 1.82) is 0 Å². The molecular formula is C22H24N2O4S. The van der Waals surface area contributed by atoms with Crippen LogP contribution in [0.25, 0.3) is 6.08 Å². The Bertz CT molecular complexity index is 1020. The zero-order valence-corrected chi connectivity index (χ0v) is 17.0. The molecule has 0 saturated carbocycles. The smallest absolute Gasteiger partial charge is 0.243 e. The summed E-state index contributed by atoms with van der Waals surface area (Å²) in [6, 6.07) is 15.6. The fourth-order valence-electron chi connectivity index (χ4n) is 4.42. The summed E-state index contributed by atoms with van der Waals surface area (Å²) in [7, 11) is -3.75. The van der Waals surface area contributed by atoms with Gasteiger partial charge in [0.05, 0.1) is 30.1 Å². The van der Waals surface area contributed by atoms with Gasteiger partial charge in [-0.2, -0.15) is 4.31 Å². The van der Waals surface area contributed by atoms with Crippen LogP contribution in [0.5, 0.6) is 0 Å². The molecule has 7 heteroatoms. The van der Waals surface area contributed by atoms with Crippen molar-refractivity contribution < 1.29 is 18.3 Å². The number of fused-ring (bicyclic) bond motifs is 1. The van der Waals surface area contributed by atoms with Crippen LogP contribution >= 0.6 is 0 Å². The van der Waals surface area contributed by atoms with Gasteiger partial charge in [0.25, 0.3) is 0 Å². The van der Waals surface area contributed by atoms with E-state index >= 15 is 0 Å². The lowest BCUT2D eigenvalue weighted by molar-refractivity contribution is -0.158. The lowest BCUT2D eigenvalue weighted by Gasteiger charge is -2.58. The highest BCUT2D eigenvalue weighted by Gasteiger charge is 2.55. The summed E-state index contributed by atoms with van der Waals surface area (Å²) in [5, 5.41) is 9.88.